The number of benzene rings is 3. The first-order valence-corrected chi connectivity index (χ1v) is 11.4. The van der Waals surface area contributed by atoms with Gasteiger partial charge in [-0.2, -0.15) is 5.10 Å². The van der Waals surface area contributed by atoms with Gasteiger partial charge >= 0.3 is 11.9 Å². The number of hydrogen-bond acceptors (Lipinski definition) is 7. The van der Waals surface area contributed by atoms with Gasteiger partial charge in [-0.3, -0.25) is 4.79 Å². The number of hydrogen-bond donors (Lipinski definition) is 2. The molecule has 0 aliphatic rings. The molecule has 1 amide bonds. The topological polar surface area (TPSA) is 120 Å². The quantitative estimate of drug-likeness (QED) is 0.215. The Bertz CT molecular complexity index is 1440. The number of nitrogens with zero attached hydrogens (tertiary/aromatic N) is 1. The predicted molar refractivity (Wildman–Crippen MR) is 136 cm³/mol. The zero-order chi connectivity index (χ0) is 25.7. The van der Waals surface area contributed by atoms with Gasteiger partial charge in [0.1, 0.15) is 6.61 Å². The van der Waals surface area contributed by atoms with E-state index in [0.717, 1.165) is 10.0 Å². The number of aromatic carboxylic acids is 1. The van der Waals surface area contributed by atoms with Crippen LogP contribution in [0.5, 0.6) is 17.2 Å². The van der Waals surface area contributed by atoms with Crippen LogP contribution in [0.15, 0.2) is 74.7 Å². The number of carboxylic acids is 1. The van der Waals surface area contributed by atoms with Crippen LogP contribution in [0.1, 0.15) is 32.0 Å². The Morgan fingerprint density at radius 1 is 1.00 bits per heavy atom. The molecule has 0 aliphatic heterocycles. The van der Waals surface area contributed by atoms with Crippen molar-refractivity contribution in [3.05, 3.63) is 87.6 Å². The van der Waals surface area contributed by atoms with Crippen LogP contribution in [-0.2, 0) is 6.61 Å². The van der Waals surface area contributed by atoms with E-state index >= 15 is 0 Å². The Balaban J connectivity index is 1.40. The molecular formula is C26H21BrN2O7. The molecule has 0 radical (unpaired) electrons. The van der Waals surface area contributed by atoms with Crippen molar-refractivity contribution in [1.82, 2.24) is 5.43 Å². The molecule has 10 heteroatoms. The van der Waals surface area contributed by atoms with Crippen LogP contribution in [0.2, 0.25) is 0 Å². The molecule has 2 N–H and O–H groups in total. The number of hydrazone groups is 1. The Kier molecular flexibility index (Phi) is 7.55. The number of ether oxygens (including phenoxy) is 3. The summed E-state index contributed by atoms with van der Waals surface area (Å²) in [5.74, 6) is 0.0840. The van der Waals surface area contributed by atoms with E-state index in [4.69, 9.17) is 23.7 Å². The summed E-state index contributed by atoms with van der Waals surface area (Å²) < 4.78 is 23.0. The third kappa shape index (κ3) is 5.66. The van der Waals surface area contributed by atoms with Crippen molar-refractivity contribution in [3.63, 3.8) is 0 Å². The average Bonchev–Trinajstić information content (AvgIpc) is 3.31. The van der Waals surface area contributed by atoms with Crippen molar-refractivity contribution in [2.45, 2.75) is 6.61 Å². The zero-order valence-electron chi connectivity index (χ0n) is 19.3. The first-order chi connectivity index (χ1) is 17.4. The minimum absolute atomic E-state index is 0.0938. The summed E-state index contributed by atoms with van der Waals surface area (Å²) in [6.45, 7) is 0.235. The Morgan fingerprint density at radius 2 is 1.75 bits per heavy atom. The fourth-order valence-corrected chi connectivity index (χ4v) is 3.81. The smallest absolute Gasteiger partial charge is 0.335 e. The van der Waals surface area contributed by atoms with Gasteiger partial charge in [0.2, 0.25) is 0 Å². The largest absolute Gasteiger partial charge is 0.493 e. The number of furan rings is 1. The van der Waals surface area contributed by atoms with Gasteiger partial charge in [0.25, 0.3) is 0 Å². The highest BCUT2D eigenvalue weighted by molar-refractivity contribution is 9.10. The third-order valence-corrected chi connectivity index (χ3v) is 5.61. The number of rotatable bonds is 9. The summed E-state index contributed by atoms with van der Waals surface area (Å²) >= 11 is 3.40. The maximum absolute atomic E-state index is 12.5. The van der Waals surface area contributed by atoms with Gasteiger partial charge in [0.05, 0.1) is 26.0 Å². The van der Waals surface area contributed by atoms with E-state index in [2.05, 4.69) is 26.5 Å². The highest BCUT2D eigenvalue weighted by atomic mass is 79.9. The molecule has 1 aromatic heterocycles. The molecule has 1 heterocycles. The Hall–Kier alpha value is -4.31. The summed E-state index contributed by atoms with van der Waals surface area (Å²) in [4.78, 5) is 23.5. The van der Waals surface area contributed by atoms with Gasteiger partial charge in [0, 0.05) is 9.86 Å². The molecule has 0 aliphatic carbocycles. The fourth-order valence-electron chi connectivity index (χ4n) is 3.36. The van der Waals surface area contributed by atoms with Crippen LogP contribution in [0.25, 0.3) is 11.0 Å². The van der Waals surface area contributed by atoms with E-state index in [0.29, 0.717) is 33.8 Å². The molecule has 4 rings (SSSR count). The summed E-state index contributed by atoms with van der Waals surface area (Å²) in [6, 6.07) is 16.8. The standard InChI is InChI=1S/C26H21BrN2O7/c1-33-21-9-16(5-8-20(21)35-14-15-3-6-17(7-4-15)26(31)32)13-28-29-25(30)23-11-18-10-19(27)12-22(34-2)24(18)36-23/h3-13H,14H2,1-2H3,(H,29,30)(H,31,32)/b28-13-. The zero-order valence-corrected chi connectivity index (χ0v) is 20.9. The van der Waals surface area contributed by atoms with E-state index in [1.54, 1.807) is 42.5 Å². The number of amides is 1. The minimum Gasteiger partial charge on any atom is -0.493 e. The van der Waals surface area contributed by atoms with Crippen LogP contribution in [-0.4, -0.2) is 37.4 Å². The molecule has 36 heavy (non-hydrogen) atoms. The van der Waals surface area contributed by atoms with Crippen molar-refractivity contribution in [2.24, 2.45) is 5.10 Å². The molecule has 0 bridgehead atoms. The molecule has 0 unspecified atom stereocenters. The maximum Gasteiger partial charge on any atom is 0.335 e. The van der Waals surface area contributed by atoms with Crippen molar-refractivity contribution < 1.29 is 33.3 Å². The van der Waals surface area contributed by atoms with Crippen LogP contribution >= 0.6 is 15.9 Å². The lowest BCUT2D eigenvalue weighted by Crippen LogP contribution is -2.16. The van der Waals surface area contributed by atoms with Crippen molar-refractivity contribution >= 4 is 45.0 Å². The number of carbonyl (C=O) groups is 2. The Labute approximate surface area is 214 Å². The number of halogens is 1. The van der Waals surface area contributed by atoms with Gasteiger partial charge in [0.15, 0.2) is 28.6 Å². The average molecular weight is 553 g/mol. The number of fused-ring (bicyclic) bond motifs is 1. The van der Waals surface area contributed by atoms with Crippen molar-refractivity contribution in [3.8, 4) is 17.2 Å². The molecule has 0 spiro atoms. The van der Waals surface area contributed by atoms with Gasteiger partial charge in [-0.15, -0.1) is 0 Å². The molecule has 0 atom stereocenters. The number of carboxylic acid groups (broad SMARTS) is 1. The number of methoxy groups -OCH3 is 2. The lowest BCUT2D eigenvalue weighted by molar-refractivity contribution is 0.0696. The normalized spacial score (nSPS) is 11.0. The van der Waals surface area contributed by atoms with Crippen LogP contribution in [0, 0.1) is 0 Å². The highest BCUT2D eigenvalue weighted by Crippen LogP contribution is 2.32. The minimum atomic E-state index is -0.983. The molecule has 4 aromatic rings. The summed E-state index contributed by atoms with van der Waals surface area (Å²) in [7, 11) is 3.04. The van der Waals surface area contributed by atoms with Crippen LogP contribution < -0.4 is 19.6 Å². The van der Waals surface area contributed by atoms with E-state index < -0.39 is 11.9 Å². The third-order valence-electron chi connectivity index (χ3n) is 5.15. The highest BCUT2D eigenvalue weighted by Gasteiger charge is 2.15. The van der Waals surface area contributed by atoms with Gasteiger partial charge in [-0.1, -0.05) is 28.1 Å². The van der Waals surface area contributed by atoms with Gasteiger partial charge < -0.3 is 23.7 Å². The van der Waals surface area contributed by atoms with Gasteiger partial charge in [-0.05, 0) is 59.7 Å². The first-order valence-electron chi connectivity index (χ1n) is 10.6. The van der Waals surface area contributed by atoms with Gasteiger partial charge in [-0.25, -0.2) is 10.2 Å². The van der Waals surface area contributed by atoms with Crippen molar-refractivity contribution in [2.75, 3.05) is 14.2 Å². The second kappa shape index (κ2) is 11.0. The SMILES string of the molecule is COc1cc(/C=N\NC(=O)c2cc3cc(Br)cc(OC)c3o2)ccc1OCc1ccc(C(=O)O)cc1. The van der Waals surface area contributed by atoms with E-state index in [9.17, 15) is 9.59 Å². The maximum atomic E-state index is 12.5. The molecule has 184 valence electrons. The monoisotopic (exact) mass is 552 g/mol. The summed E-state index contributed by atoms with van der Waals surface area (Å²) in [6.07, 6.45) is 1.47. The van der Waals surface area contributed by atoms with Crippen molar-refractivity contribution in [1.29, 1.82) is 0 Å². The first kappa shape index (κ1) is 24.8. The van der Waals surface area contributed by atoms with E-state index in [-0.39, 0.29) is 17.9 Å². The summed E-state index contributed by atoms with van der Waals surface area (Å²) in [5.41, 5.74) is 4.59. The number of carbonyl (C=O) groups excluding carboxylic acids is 1. The van der Waals surface area contributed by atoms with E-state index in [1.165, 1.54) is 32.6 Å². The predicted octanol–water partition coefficient (Wildman–Crippen LogP) is 5.25. The Morgan fingerprint density at radius 3 is 2.44 bits per heavy atom. The number of nitrogens with one attached hydrogen (secondary N) is 1. The lowest BCUT2D eigenvalue weighted by Gasteiger charge is -2.11. The summed E-state index contributed by atoms with van der Waals surface area (Å²) in [5, 5.41) is 13.7. The second-order valence-corrected chi connectivity index (χ2v) is 8.45. The molecule has 0 saturated carbocycles. The molecular weight excluding hydrogens is 532 g/mol. The molecule has 0 fully saturated rings. The molecule has 9 nitrogen and oxygen atoms in total. The second-order valence-electron chi connectivity index (χ2n) is 7.54. The van der Waals surface area contributed by atoms with Crippen LogP contribution in [0.4, 0.5) is 0 Å². The van der Waals surface area contributed by atoms with Crippen LogP contribution in [0.3, 0.4) is 0 Å². The van der Waals surface area contributed by atoms with E-state index in [1.807, 2.05) is 6.07 Å². The molecule has 3 aromatic carbocycles. The molecule has 0 saturated heterocycles. The lowest BCUT2D eigenvalue weighted by atomic mass is 10.1. The fraction of sp³-hybridized carbons (Fsp3) is 0.115.